The average Bonchev–Trinajstić information content (AvgIpc) is 2.80. The molecule has 0 atom stereocenters. The molecule has 1 N–H and O–H groups in total. The van der Waals surface area contributed by atoms with Crippen LogP contribution in [0.15, 0.2) is 66.9 Å². The van der Waals surface area contributed by atoms with E-state index in [1.54, 1.807) is 12.3 Å². The third-order valence-corrected chi connectivity index (χ3v) is 5.67. The van der Waals surface area contributed by atoms with Gasteiger partial charge in [-0.1, -0.05) is 29.8 Å². The molecular weight excluding hydrogens is 429 g/mol. The number of benzene rings is 2. The number of nitrogens with zero attached hydrogens (tertiary/aromatic N) is 3. The topological polar surface area (TPSA) is 48.5 Å². The summed E-state index contributed by atoms with van der Waals surface area (Å²) in [6, 6.07) is 16.3. The number of aromatic nitrogens is 1. The molecule has 1 aliphatic rings. The molecule has 1 amide bonds. The summed E-state index contributed by atoms with van der Waals surface area (Å²) in [6.07, 6.45) is -2.86. The first kappa shape index (κ1) is 22.8. The van der Waals surface area contributed by atoms with E-state index in [-0.39, 0.29) is 5.56 Å². The molecule has 3 aromatic rings. The number of nitrogens with one attached hydrogen (secondary N) is 1. The van der Waals surface area contributed by atoms with Gasteiger partial charge in [0, 0.05) is 38.3 Å². The zero-order valence-electron chi connectivity index (χ0n) is 18.3. The first-order chi connectivity index (χ1) is 15.8. The highest BCUT2D eigenvalue weighted by Crippen LogP contribution is 2.29. The lowest BCUT2D eigenvalue weighted by Gasteiger charge is -2.35. The molecule has 0 saturated carbocycles. The molecule has 4 rings (SSSR count). The number of carbonyl (C=O) groups excluding carboxylic acids is 1. The lowest BCUT2D eigenvalue weighted by molar-refractivity contribution is -0.137. The van der Waals surface area contributed by atoms with Gasteiger partial charge in [0.05, 0.1) is 17.4 Å². The third kappa shape index (κ3) is 5.90. The molecule has 0 radical (unpaired) electrons. The van der Waals surface area contributed by atoms with Crippen molar-refractivity contribution in [2.75, 3.05) is 36.4 Å². The predicted molar refractivity (Wildman–Crippen MR) is 122 cm³/mol. The summed E-state index contributed by atoms with van der Waals surface area (Å²) < 4.78 is 38.0. The Hall–Kier alpha value is -3.39. The summed E-state index contributed by atoms with van der Waals surface area (Å²) in [7, 11) is 0. The maximum absolute atomic E-state index is 12.7. The molecule has 0 aliphatic carbocycles. The molecule has 1 aliphatic heterocycles. The molecule has 172 valence electrons. The number of rotatable bonds is 5. The number of hydrogen-bond acceptors (Lipinski definition) is 4. The zero-order valence-corrected chi connectivity index (χ0v) is 18.3. The quantitative estimate of drug-likeness (QED) is 0.591. The summed E-state index contributed by atoms with van der Waals surface area (Å²) in [5, 5.41) is 2.68. The van der Waals surface area contributed by atoms with Crippen LogP contribution in [-0.2, 0) is 12.7 Å². The molecule has 8 heteroatoms. The van der Waals surface area contributed by atoms with E-state index >= 15 is 0 Å². The number of piperazine rings is 1. The van der Waals surface area contributed by atoms with Crippen LogP contribution in [0.3, 0.4) is 0 Å². The minimum absolute atomic E-state index is 0.150. The number of halogens is 3. The Morgan fingerprint density at radius 1 is 1.00 bits per heavy atom. The van der Waals surface area contributed by atoms with Crippen LogP contribution in [0.4, 0.5) is 24.7 Å². The molecule has 5 nitrogen and oxygen atoms in total. The van der Waals surface area contributed by atoms with Gasteiger partial charge in [0.1, 0.15) is 5.82 Å². The second kappa shape index (κ2) is 9.62. The minimum Gasteiger partial charge on any atom is -0.354 e. The second-order valence-electron chi connectivity index (χ2n) is 8.19. The van der Waals surface area contributed by atoms with Gasteiger partial charge in [-0.15, -0.1) is 0 Å². The van der Waals surface area contributed by atoms with Crippen molar-refractivity contribution in [1.82, 2.24) is 9.88 Å². The van der Waals surface area contributed by atoms with Crippen molar-refractivity contribution in [3.63, 3.8) is 0 Å². The molecule has 1 saturated heterocycles. The van der Waals surface area contributed by atoms with Gasteiger partial charge >= 0.3 is 6.18 Å². The van der Waals surface area contributed by atoms with Gasteiger partial charge in [-0.2, -0.15) is 13.2 Å². The van der Waals surface area contributed by atoms with Gasteiger partial charge in [-0.3, -0.25) is 9.69 Å². The van der Waals surface area contributed by atoms with E-state index in [2.05, 4.69) is 51.3 Å². The van der Waals surface area contributed by atoms with Crippen molar-refractivity contribution in [1.29, 1.82) is 0 Å². The van der Waals surface area contributed by atoms with E-state index in [4.69, 9.17) is 0 Å². The fraction of sp³-hybridized carbons (Fsp3) is 0.280. The Morgan fingerprint density at radius 3 is 2.33 bits per heavy atom. The van der Waals surface area contributed by atoms with E-state index in [1.165, 1.54) is 11.1 Å². The van der Waals surface area contributed by atoms with Crippen LogP contribution in [0.25, 0.3) is 0 Å². The fourth-order valence-electron chi connectivity index (χ4n) is 3.86. The number of anilines is 2. The first-order valence-electron chi connectivity index (χ1n) is 10.8. The van der Waals surface area contributed by atoms with Crippen molar-refractivity contribution in [3.8, 4) is 0 Å². The Bertz CT molecular complexity index is 1090. The van der Waals surface area contributed by atoms with E-state index in [1.807, 2.05) is 6.07 Å². The van der Waals surface area contributed by atoms with Crippen molar-refractivity contribution >= 4 is 17.4 Å². The molecule has 33 heavy (non-hydrogen) atoms. The maximum Gasteiger partial charge on any atom is 0.416 e. The normalized spacial score (nSPS) is 14.8. The van der Waals surface area contributed by atoms with E-state index in [9.17, 15) is 18.0 Å². The molecule has 0 spiro atoms. The van der Waals surface area contributed by atoms with Gasteiger partial charge < -0.3 is 10.2 Å². The molecule has 2 heterocycles. The molecular formula is C25H25F3N4O. The summed E-state index contributed by atoms with van der Waals surface area (Å²) in [5.41, 5.74) is 2.43. The molecule has 1 fully saturated rings. The summed E-state index contributed by atoms with van der Waals surface area (Å²) in [4.78, 5) is 21.4. The molecule has 0 bridgehead atoms. The fourth-order valence-corrected chi connectivity index (χ4v) is 3.86. The van der Waals surface area contributed by atoms with Crippen molar-refractivity contribution in [3.05, 3.63) is 89.1 Å². The second-order valence-corrected chi connectivity index (χ2v) is 8.19. The van der Waals surface area contributed by atoms with Gasteiger partial charge in [0.25, 0.3) is 5.91 Å². The zero-order chi connectivity index (χ0) is 23.4. The highest BCUT2D eigenvalue weighted by atomic mass is 19.4. The van der Waals surface area contributed by atoms with E-state index < -0.39 is 17.6 Å². The summed E-state index contributed by atoms with van der Waals surface area (Å²) in [6.45, 7) is 6.61. The molecule has 1 aromatic heterocycles. The standard InChI is InChI=1S/C25H25F3N4O/c1-18-3-2-4-19(15-18)17-31-11-13-32(14-12-31)23-10-9-22(16-29-23)30-24(33)20-5-7-21(8-6-20)25(26,27)28/h2-10,15-16H,11-14,17H2,1H3,(H,30,33). The Morgan fingerprint density at radius 2 is 1.73 bits per heavy atom. The summed E-state index contributed by atoms with van der Waals surface area (Å²) >= 11 is 0. The van der Waals surface area contributed by atoms with Crippen LogP contribution in [0.1, 0.15) is 27.0 Å². The van der Waals surface area contributed by atoms with E-state index in [0.29, 0.717) is 5.69 Å². The first-order valence-corrected chi connectivity index (χ1v) is 10.8. The lowest BCUT2D eigenvalue weighted by atomic mass is 10.1. The van der Waals surface area contributed by atoms with E-state index in [0.717, 1.165) is 62.8 Å². The Kier molecular flexibility index (Phi) is 6.65. The number of pyridine rings is 1. The highest BCUT2D eigenvalue weighted by Gasteiger charge is 2.30. The minimum atomic E-state index is -4.43. The molecule has 2 aromatic carbocycles. The SMILES string of the molecule is Cc1cccc(CN2CCN(c3ccc(NC(=O)c4ccc(C(F)(F)F)cc4)cn3)CC2)c1. The van der Waals surface area contributed by atoms with Gasteiger partial charge in [-0.05, 0) is 48.9 Å². The molecule has 0 unspecified atom stereocenters. The van der Waals surface area contributed by atoms with Crippen LogP contribution in [0.5, 0.6) is 0 Å². The number of alkyl halides is 3. The van der Waals surface area contributed by atoms with Crippen molar-refractivity contribution in [2.24, 2.45) is 0 Å². The third-order valence-electron chi connectivity index (χ3n) is 5.67. The average molecular weight is 454 g/mol. The number of carbonyl (C=O) groups is 1. The van der Waals surface area contributed by atoms with Crippen molar-refractivity contribution in [2.45, 2.75) is 19.6 Å². The van der Waals surface area contributed by atoms with Gasteiger partial charge in [0.2, 0.25) is 0 Å². The monoisotopic (exact) mass is 454 g/mol. The largest absolute Gasteiger partial charge is 0.416 e. The number of aryl methyl sites for hydroxylation is 1. The van der Waals surface area contributed by atoms with Crippen LogP contribution in [0.2, 0.25) is 0 Å². The number of amides is 1. The Balaban J connectivity index is 1.30. The van der Waals surface area contributed by atoms with Crippen molar-refractivity contribution < 1.29 is 18.0 Å². The van der Waals surface area contributed by atoms with Crippen LogP contribution in [0, 0.1) is 6.92 Å². The van der Waals surface area contributed by atoms with Gasteiger partial charge in [0.15, 0.2) is 0 Å². The highest BCUT2D eigenvalue weighted by molar-refractivity contribution is 6.04. The summed E-state index contributed by atoms with van der Waals surface area (Å²) in [5.74, 6) is 0.348. The number of hydrogen-bond donors (Lipinski definition) is 1. The van der Waals surface area contributed by atoms with Gasteiger partial charge in [-0.25, -0.2) is 4.98 Å². The lowest BCUT2D eigenvalue weighted by Crippen LogP contribution is -2.46. The maximum atomic E-state index is 12.7. The van der Waals surface area contributed by atoms with Crippen LogP contribution < -0.4 is 10.2 Å². The van der Waals surface area contributed by atoms with Crippen LogP contribution in [-0.4, -0.2) is 42.0 Å². The predicted octanol–water partition coefficient (Wildman–Crippen LogP) is 4.98. The van der Waals surface area contributed by atoms with Crippen LogP contribution >= 0.6 is 0 Å². The Labute approximate surface area is 190 Å². The smallest absolute Gasteiger partial charge is 0.354 e.